The zero-order chi connectivity index (χ0) is 14.8. The molecule has 2 N–H and O–H groups in total. The molecule has 1 saturated carbocycles. The van der Waals surface area contributed by atoms with Crippen molar-refractivity contribution in [2.75, 3.05) is 19.6 Å². The van der Waals surface area contributed by atoms with Crippen molar-refractivity contribution in [1.82, 2.24) is 10.6 Å². The maximum Gasteiger partial charge on any atom is 0.223 e. The van der Waals surface area contributed by atoms with Crippen LogP contribution in [0.1, 0.15) is 30.7 Å². The molecule has 1 aliphatic heterocycles. The lowest BCUT2D eigenvalue weighted by atomic mass is 10.1. The fourth-order valence-electron chi connectivity index (χ4n) is 3.13. The molecule has 2 fully saturated rings. The minimum atomic E-state index is 0.0580. The van der Waals surface area contributed by atoms with Gasteiger partial charge in [0.1, 0.15) is 0 Å². The number of benzene rings is 1. The summed E-state index contributed by atoms with van der Waals surface area (Å²) in [6.07, 6.45) is 3.16. The number of hydrogen-bond acceptors (Lipinski definition) is 2. The van der Waals surface area contributed by atoms with Gasteiger partial charge in [0.25, 0.3) is 0 Å². The Morgan fingerprint density at radius 2 is 2.24 bits per heavy atom. The van der Waals surface area contributed by atoms with Gasteiger partial charge in [0.2, 0.25) is 5.91 Å². The van der Waals surface area contributed by atoms with Gasteiger partial charge in [-0.15, -0.1) is 0 Å². The van der Waals surface area contributed by atoms with Gasteiger partial charge in [-0.25, -0.2) is 0 Å². The Labute approximate surface area is 135 Å². The summed E-state index contributed by atoms with van der Waals surface area (Å²) in [5.74, 6) is 1.15. The quantitative estimate of drug-likeness (QED) is 0.872. The number of halogens is 2. The van der Waals surface area contributed by atoms with Gasteiger partial charge in [-0.1, -0.05) is 35.3 Å². The fourth-order valence-corrected chi connectivity index (χ4v) is 3.57. The average molecular weight is 327 g/mol. The van der Waals surface area contributed by atoms with Crippen LogP contribution in [-0.2, 0) is 4.79 Å². The van der Waals surface area contributed by atoms with Gasteiger partial charge in [0.05, 0.1) is 10.0 Å². The van der Waals surface area contributed by atoms with E-state index in [-0.39, 0.29) is 17.7 Å². The standard InChI is InChI=1S/C16H20Cl2N2O/c17-14-3-1-2-11(15(14)18)12-8-13(12)16(21)20-7-5-10-4-6-19-9-10/h1-3,10,12-13,19H,4-9H2,(H,20,21). The van der Waals surface area contributed by atoms with Gasteiger partial charge in [0.15, 0.2) is 0 Å². The Balaban J connectivity index is 1.48. The van der Waals surface area contributed by atoms with Crippen molar-refractivity contribution in [3.63, 3.8) is 0 Å². The SMILES string of the molecule is O=C(NCCC1CCNC1)C1CC1c1cccc(Cl)c1Cl. The monoisotopic (exact) mass is 326 g/mol. The lowest BCUT2D eigenvalue weighted by molar-refractivity contribution is -0.122. The molecule has 114 valence electrons. The third kappa shape index (κ3) is 3.53. The lowest BCUT2D eigenvalue weighted by Gasteiger charge is -2.09. The Morgan fingerprint density at radius 1 is 1.38 bits per heavy atom. The second-order valence-electron chi connectivity index (χ2n) is 6.03. The summed E-state index contributed by atoms with van der Waals surface area (Å²) >= 11 is 12.2. The van der Waals surface area contributed by atoms with Crippen molar-refractivity contribution in [3.05, 3.63) is 33.8 Å². The van der Waals surface area contributed by atoms with Crippen LogP contribution < -0.4 is 10.6 Å². The van der Waals surface area contributed by atoms with Crippen LogP contribution in [0.15, 0.2) is 18.2 Å². The number of rotatable bonds is 5. The number of amides is 1. The molecule has 0 aromatic heterocycles. The van der Waals surface area contributed by atoms with Crippen molar-refractivity contribution in [2.45, 2.75) is 25.2 Å². The van der Waals surface area contributed by atoms with Crippen LogP contribution in [0, 0.1) is 11.8 Å². The minimum Gasteiger partial charge on any atom is -0.356 e. The molecular weight excluding hydrogens is 307 g/mol. The smallest absolute Gasteiger partial charge is 0.223 e. The molecule has 2 aliphatic rings. The summed E-state index contributed by atoms with van der Waals surface area (Å²) in [6, 6.07) is 5.64. The highest BCUT2D eigenvalue weighted by atomic mass is 35.5. The topological polar surface area (TPSA) is 41.1 Å². The van der Waals surface area contributed by atoms with Gasteiger partial charge >= 0.3 is 0 Å². The number of carbonyl (C=O) groups is 1. The number of nitrogens with one attached hydrogen (secondary N) is 2. The molecule has 21 heavy (non-hydrogen) atoms. The molecule has 1 heterocycles. The molecular formula is C16H20Cl2N2O. The Bertz CT molecular complexity index is 529. The maximum atomic E-state index is 12.2. The van der Waals surface area contributed by atoms with Crippen molar-refractivity contribution in [1.29, 1.82) is 0 Å². The van der Waals surface area contributed by atoms with E-state index in [9.17, 15) is 4.79 Å². The molecule has 3 unspecified atom stereocenters. The normalized spacial score (nSPS) is 27.6. The van der Waals surface area contributed by atoms with Crippen LogP contribution >= 0.6 is 23.2 Å². The van der Waals surface area contributed by atoms with E-state index >= 15 is 0 Å². The second-order valence-corrected chi connectivity index (χ2v) is 6.82. The molecule has 0 spiro atoms. The first-order valence-corrected chi connectivity index (χ1v) is 8.34. The molecule has 0 radical (unpaired) electrons. The van der Waals surface area contributed by atoms with Crippen LogP contribution in [0.4, 0.5) is 0 Å². The molecule has 5 heteroatoms. The molecule has 1 aromatic rings. The number of hydrogen-bond donors (Lipinski definition) is 2. The van der Waals surface area contributed by atoms with E-state index in [1.54, 1.807) is 6.07 Å². The lowest BCUT2D eigenvalue weighted by Crippen LogP contribution is -2.28. The first-order valence-electron chi connectivity index (χ1n) is 7.59. The third-order valence-corrected chi connectivity index (χ3v) is 5.36. The van der Waals surface area contributed by atoms with Gasteiger partial charge in [-0.3, -0.25) is 4.79 Å². The molecule has 3 nitrogen and oxygen atoms in total. The first-order chi connectivity index (χ1) is 10.2. The van der Waals surface area contributed by atoms with E-state index in [2.05, 4.69) is 10.6 Å². The zero-order valence-electron chi connectivity index (χ0n) is 11.9. The van der Waals surface area contributed by atoms with Crippen molar-refractivity contribution in [3.8, 4) is 0 Å². The largest absolute Gasteiger partial charge is 0.356 e. The van der Waals surface area contributed by atoms with E-state index in [4.69, 9.17) is 23.2 Å². The summed E-state index contributed by atoms with van der Waals surface area (Å²) in [5.41, 5.74) is 1.00. The fraction of sp³-hybridized carbons (Fsp3) is 0.562. The Hall–Kier alpha value is -0.770. The van der Waals surface area contributed by atoms with E-state index in [1.165, 1.54) is 6.42 Å². The highest BCUT2D eigenvalue weighted by Crippen LogP contribution is 2.50. The van der Waals surface area contributed by atoms with Gasteiger partial charge < -0.3 is 10.6 Å². The van der Waals surface area contributed by atoms with Crippen LogP contribution in [0.5, 0.6) is 0 Å². The van der Waals surface area contributed by atoms with E-state index in [1.807, 2.05) is 12.1 Å². The van der Waals surface area contributed by atoms with Crippen LogP contribution in [0.25, 0.3) is 0 Å². The summed E-state index contributed by atoms with van der Waals surface area (Å²) in [4.78, 5) is 12.2. The Morgan fingerprint density at radius 3 is 3.00 bits per heavy atom. The van der Waals surface area contributed by atoms with Gasteiger partial charge in [-0.05, 0) is 55.8 Å². The molecule has 1 aromatic carbocycles. The van der Waals surface area contributed by atoms with Crippen LogP contribution in [-0.4, -0.2) is 25.5 Å². The van der Waals surface area contributed by atoms with Gasteiger partial charge in [-0.2, -0.15) is 0 Å². The molecule has 3 rings (SSSR count). The molecule has 1 amide bonds. The molecule has 3 atom stereocenters. The zero-order valence-corrected chi connectivity index (χ0v) is 13.4. The third-order valence-electron chi connectivity index (χ3n) is 4.52. The second kappa shape index (κ2) is 6.55. The van der Waals surface area contributed by atoms with Gasteiger partial charge in [0, 0.05) is 12.5 Å². The summed E-state index contributed by atoms with van der Waals surface area (Å²) < 4.78 is 0. The Kier molecular flexibility index (Phi) is 4.72. The number of carbonyl (C=O) groups excluding carboxylic acids is 1. The summed E-state index contributed by atoms with van der Waals surface area (Å²) in [6.45, 7) is 2.97. The maximum absolute atomic E-state index is 12.2. The van der Waals surface area contributed by atoms with Crippen LogP contribution in [0.2, 0.25) is 10.0 Å². The molecule has 1 aliphatic carbocycles. The molecule has 1 saturated heterocycles. The predicted octanol–water partition coefficient (Wildman–Crippen LogP) is 3.21. The summed E-state index contributed by atoms with van der Waals surface area (Å²) in [5, 5.41) is 7.57. The van der Waals surface area contributed by atoms with Crippen molar-refractivity contribution < 1.29 is 4.79 Å². The van der Waals surface area contributed by atoms with E-state index in [0.29, 0.717) is 16.0 Å². The van der Waals surface area contributed by atoms with Crippen LogP contribution in [0.3, 0.4) is 0 Å². The molecule has 0 bridgehead atoms. The van der Waals surface area contributed by atoms with E-state index < -0.39 is 0 Å². The summed E-state index contributed by atoms with van der Waals surface area (Å²) in [7, 11) is 0. The minimum absolute atomic E-state index is 0.0580. The van der Waals surface area contributed by atoms with Crippen molar-refractivity contribution >= 4 is 29.1 Å². The highest BCUT2D eigenvalue weighted by molar-refractivity contribution is 6.42. The average Bonchev–Trinajstić information content (AvgIpc) is 3.10. The predicted molar refractivity (Wildman–Crippen MR) is 85.9 cm³/mol. The highest BCUT2D eigenvalue weighted by Gasteiger charge is 2.44. The van der Waals surface area contributed by atoms with E-state index in [0.717, 1.165) is 38.0 Å². The first kappa shape index (κ1) is 15.1. The van der Waals surface area contributed by atoms with Crippen molar-refractivity contribution in [2.24, 2.45) is 11.8 Å².